The van der Waals surface area contributed by atoms with Crippen LogP contribution in [0.25, 0.3) is 0 Å². The number of alkyl halides is 6. The molecule has 1 aliphatic heterocycles. The Kier molecular flexibility index (Phi) is 7.91. The molecule has 1 atom stereocenters. The third kappa shape index (κ3) is 5.58. The van der Waals surface area contributed by atoms with E-state index in [-0.39, 0.29) is 36.0 Å². The average Bonchev–Trinajstić information content (AvgIpc) is 3.43. The second kappa shape index (κ2) is 10.6. The van der Waals surface area contributed by atoms with Gasteiger partial charge in [-0.15, -0.1) is 11.3 Å². The molecule has 2 aromatic heterocycles. The molecule has 1 N–H and O–H groups in total. The summed E-state index contributed by atoms with van der Waals surface area (Å²) >= 11 is 1.06. The first-order valence-electron chi connectivity index (χ1n) is 11.4. The van der Waals surface area contributed by atoms with E-state index in [2.05, 4.69) is 4.98 Å². The molecule has 7 nitrogen and oxygen atoms in total. The predicted octanol–water partition coefficient (Wildman–Crippen LogP) is 4.59. The smallest absolute Gasteiger partial charge is 0.430 e. The number of sulfonamides is 1. The Bertz CT molecular complexity index is 1370. The highest BCUT2D eigenvalue weighted by molar-refractivity contribution is 7.91. The summed E-state index contributed by atoms with van der Waals surface area (Å²) in [5, 5.41) is 11.3. The summed E-state index contributed by atoms with van der Waals surface area (Å²) in [4.78, 5) is 6.05. The molecular formula is C24H23F6N3O4S2. The average molecular weight is 596 g/mol. The molecule has 15 heteroatoms. The van der Waals surface area contributed by atoms with Crippen molar-refractivity contribution in [3.8, 4) is 5.88 Å². The third-order valence-electron chi connectivity index (χ3n) is 6.41. The number of nitrogens with zero attached hydrogens (tertiary/aromatic N) is 3. The Morgan fingerprint density at radius 3 is 2.23 bits per heavy atom. The fourth-order valence-corrected chi connectivity index (χ4v) is 7.02. The molecule has 212 valence electrons. The van der Waals surface area contributed by atoms with Crippen molar-refractivity contribution in [3.05, 3.63) is 71.2 Å². The number of aromatic nitrogens is 1. The lowest BCUT2D eigenvalue weighted by molar-refractivity contribution is -0.376. The number of hydrogen-bond donors (Lipinski definition) is 1. The molecule has 39 heavy (non-hydrogen) atoms. The SMILES string of the molecule is COc1cccc(C[C@H]2CN(S(=O)(=O)c3cccs3)CCN2c2ccc(C(O)(C(F)(F)F)C(F)(F)F)cc2)n1. The van der Waals surface area contributed by atoms with Crippen LogP contribution >= 0.6 is 11.3 Å². The zero-order valence-corrected chi connectivity index (χ0v) is 21.9. The number of aliphatic hydroxyl groups is 1. The van der Waals surface area contributed by atoms with Crippen LogP contribution in [0.2, 0.25) is 0 Å². The zero-order valence-electron chi connectivity index (χ0n) is 20.3. The van der Waals surface area contributed by atoms with Crippen molar-refractivity contribution in [1.29, 1.82) is 0 Å². The number of rotatable bonds is 7. The van der Waals surface area contributed by atoms with Gasteiger partial charge in [-0.05, 0) is 29.6 Å². The van der Waals surface area contributed by atoms with Gasteiger partial charge in [-0.1, -0.05) is 24.3 Å². The lowest BCUT2D eigenvalue weighted by atomic mass is 9.92. The Morgan fingerprint density at radius 2 is 1.67 bits per heavy atom. The van der Waals surface area contributed by atoms with E-state index in [1.165, 1.54) is 17.5 Å². The van der Waals surface area contributed by atoms with Crippen LogP contribution in [0.1, 0.15) is 11.3 Å². The number of piperazine rings is 1. The molecule has 0 unspecified atom stereocenters. The van der Waals surface area contributed by atoms with Crippen molar-refractivity contribution in [2.75, 3.05) is 31.6 Å². The number of thiophene rings is 1. The molecule has 0 saturated carbocycles. The third-order valence-corrected chi connectivity index (χ3v) is 9.65. The number of hydrogen-bond acceptors (Lipinski definition) is 7. The van der Waals surface area contributed by atoms with E-state index in [1.807, 2.05) is 0 Å². The first-order valence-corrected chi connectivity index (χ1v) is 13.8. The largest absolute Gasteiger partial charge is 0.481 e. The van der Waals surface area contributed by atoms with Crippen LogP contribution in [0.5, 0.6) is 5.88 Å². The fraction of sp³-hybridized carbons (Fsp3) is 0.375. The second-order valence-electron chi connectivity index (χ2n) is 8.77. The molecule has 1 aliphatic rings. The van der Waals surface area contributed by atoms with E-state index in [4.69, 9.17) is 4.74 Å². The van der Waals surface area contributed by atoms with Crippen molar-refractivity contribution >= 4 is 27.0 Å². The number of halogens is 6. The van der Waals surface area contributed by atoms with E-state index in [9.17, 15) is 39.9 Å². The van der Waals surface area contributed by atoms with E-state index in [0.29, 0.717) is 23.7 Å². The van der Waals surface area contributed by atoms with Gasteiger partial charge >= 0.3 is 12.4 Å². The highest BCUT2D eigenvalue weighted by Gasteiger charge is 2.71. The number of methoxy groups -OCH3 is 1. The van der Waals surface area contributed by atoms with Gasteiger partial charge in [0.25, 0.3) is 15.6 Å². The highest BCUT2D eigenvalue weighted by atomic mass is 32.2. The fourth-order valence-electron chi connectivity index (χ4n) is 4.41. The van der Waals surface area contributed by atoms with Crippen LogP contribution in [-0.2, 0) is 22.0 Å². The number of pyridine rings is 1. The minimum Gasteiger partial charge on any atom is -0.481 e. The van der Waals surface area contributed by atoms with Crippen LogP contribution in [0.3, 0.4) is 0 Å². The summed E-state index contributed by atoms with van der Waals surface area (Å²) in [6.45, 7) is 0.108. The molecule has 4 rings (SSSR count). The Morgan fingerprint density at radius 1 is 1.00 bits per heavy atom. The molecule has 3 heterocycles. The minimum atomic E-state index is -6.00. The molecule has 0 radical (unpaired) electrons. The van der Waals surface area contributed by atoms with E-state index in [1.54, 1.807) is 34.5 Å². The summed E-state index contributed by atoms with van der Waals surface area (Å²) < 4.78 is 113. The van der Waals surface area contributed by atoms with Crippen molar-refractivity contribution in [1.82, 2.24) is 9.29 Å². The molecule has 0 aliphatic carbocycles. The van der Waals surface area contributed by atoms with Gasteiger partial charge in [0.15, 0.2) is 0 Å². The standard InChI is InChI=1S/C24H23F6N3O4S2/c1-37-20-5-2-4-17(31-20)14-19-15-32(39(35,36)21-6-3-13-38-21)11-12-33(19)18-9-7-16(8-10-18)22(34,23(25,26)27)24(28,29)30/h2-10,13,19,34H,11-12,14-15H2,1H3/t19-/m0/s1. The quantitative estimate of drug-likeness (QED) is 0.403. The Hall–Kier alpha value is -2.88. The van der Waals surface area contributed by atoms with Gasteiger partial charge in [-0.25, -0.2) is 13.4 Å². The minimum absolute atomic E-state index is 0.0179. The molecule has 1 aromatic carbocycles. The van der Waals surface area contributed by atoms with E-state index >= 15 is 0 Å². The van der Waals surface area contributed by atoms with Gasteiger partial charge in [0.1, 0.15) is 4.21 Å². The van der Waals surface area contributed by atoms with Gasteiger partial charge < -0.3 is 14.7 Å². The topological polar surface area (TPSA) is 83.0 Å². The monoisotopic (exact) mass is 595 g/mol. The normalized spacial score (nSPS) is 17.8. The zero-order chi connectivity index (χ0) is 28.6. The van der Waals surface area contributed by atoms with Crippen molar-refractivity contribution in [2.24, 2.45) is 0 Å². The lowest BCUT2D eigenvalue weighted by Crippen LogP contribution is -2.56. The maximum atomic E-state index is 13.3. The molecule has 0 spiro atoms. The van der Waals surface area contributed by atoms with Crippen LogP contribution in [0.15, 0.2) is 64.2 Å². The molecule has 1 saturated heterocycles. The summed E-state index contributed by atoms with van der Waals surface area (Å²) in [6.07, 6.45) is -11.8. The molecular weight excluding hydrogens is 572 g/mol. The highest BCUT2D eigenvalue weighted by Crippen LogP contribution is 2.50. The van der Waals surface area contributed by atoms with Crippen LogP contribution in [-0.4, -0.2) is 68.0 Å². The van der Waals surface area contributed by atoms with Crippen molar-refractivity contribution in [3.63, 3.8) is 0 Å². The second-order valence-corrected chi connectivity index (χ2v) is 11.9. The number of anilines is 1. The van der Waals surface area contributed by atoms with Crippen LogP contribution in [0, 0.1) is 0 Å². The van der Waals surface area contributed by atoms with Gasteiger partial charge in [0, 0.05) is 55.1 Å². The lowest BCUT2D eigenvalue weighted by Gasteiger charge is -2.42. The molecule has 1 fully saturated rings. The van der Waals surface area contributed by atoms with Gasteiger partial charge in [-0.2, -0.15) is 30.6 Å². The van der Waals surface area contributed by atoms with Gasteiger partial charge in [0.05, 0.1) is 7.11 Å². The summed E-state index contributed by atoms with van der Waals surface area (Å²) in [5.74, 6) is 0.320. The molecule has 0 amide bonds. The summed E-state index contributed by atoms with van der Waals surface area (Å²) in [7, 11) is -2.39. The first kappa shape index (κ1) is 29.1. The van der Waals surface area contributed by atoms with E-state index in [0.717, 1.165) is 23.5 Å². The van der Waals surface area contributed by atoms with E-state index < -0.39 is 39.6 Å². The number of ether oxygens (including phenoxy) is 1. The van der Waals surface area contributed by atoms with Crippen LogP contribution in [0.4, 0.5) is 32.0 Å². The molecule has 0 bridgehead atoms. The predicted molar refractivity (Wildman–Crippen MR) is 131 cm³/mol. The first-order chi connectivity index (χ1) is 18.2. The maximum Gasteiger partial charge on any atom is 0.430 e. The number of benzene rings is 1. The van der Waals surface area contributed by atoms with Gasteiger partial charge in [0.2, 0.25) is 5.88 Å². The van der Waals surface area contributed by atoms with Gasteiger partial charge in [-0.3, -0.25) is 0 Å². The maximum absolute atomic E-state index is 13.3. The summed E-state index contributed by atoms with van der Waals surface area (Å²) in [6, 6.07) is 10.8. The molecule has 3 aromatic rings. The van der Waals surface area contributed by atoms with Crippen LogP contribution < -0.4 is 9.64 Å². The summed E-state index contributed by atoms with van der Waals surface area (Å²) in [5.41, 5.74) is -5.63. The Balaban J connectivity index is 1.68. The van der Waals surface area contributed by atoms with Crippen molar-refractivity contribution < 1.29 is 44.6 Å². The van der Waals surface area contributed by atoms with Crippen molar-refractivity contribution in [2.45, 2.75) is 34.6 Å². The Labute approximate surface area is 224 Å².